The van der Waals surface area contributed by atoms with E-state index in [1.165, 1.54) is 22.5 Å². The molecule has 1 atom stereocenters. The summed E-state index contributed by atoms with van der Waals surface area (Å²) < 4.78 is 9.31. The van der Waals surface area contributed by atoms with Crippen molar-refractivity contribution in [1.82, 2.24) is 4.57 Å². The van der Waals surface area contributed by atoms with Crippen molar-refractivity contribution in [2.24, 2.45) is 4.99 Å². The maximum Gasteiger partial charge on any atom is 0.271 e. The second kappa shape index (κ2) is 11.3. The van der Waals surface area contributed by atoms with E-state index in [1.54, 1.807) is 12.1 Å². The Balaban J connectivity index is 1.27. The minimum absolute atomic E-state index is 0.0353. The maximum atomic E-state index is 14.0. The van der Waals surface area contributed by atoms with Gasteiger partial charge in [-0.3, -0.25) is 9.36 Å². The van der Waals surface area contributed by atoms with Gasteiger partial charge in [-0.05, 0) is 81.4 Å². The normalized spacial score (nSPS) is 16.0. The molecule has 2 aliphatic rings. The summed E-state index contributed by atoms with van der Waals surface area (Å²) in [6, 6.07) is 29.7. The largest absolute Gasteiger partial charge is 0.488 e. The standard InChI is InChI=1S/C34H23BrCl2N2O2S/c35-27-16-20(10-15-29(27)41-19-23-11-13-24(36)18-28(23)37)17-30-33(40)39-32(22-7-2-1-3-8-22)26-14-12-21-6-4-5-9-25(21)31(26)38-34(39)42-30/h1-11,13,15-18,32H,12,14,19H2/b30-17+/t32-/m0/s1. The predicted molar refractivity (Wildman–Crippen MR) is 174 cm³/mol. The first kappa shape index (κ1) is 27.4. The highest BCUT2D eigenvalue weighted by Gasteiger charge is 2.32. The van der Waals surface area contributed by atoms with Crippen molar-refractivity contribution in [3.05, 3.63) is 159 Å². The zero-order valence-electron chi connectivity index (χ0n) is 22.2. The Bertz CT molecular complexity index is 2070. The molecule has 8 heteroatoms. The van der Waals surface area contributed by atoms with Crippen molar-refractivity contribution >= 4 is 62.2 Å². The fourth-order valence-corrected chi connectivity index (χ4v) is 7.60. The van der Waals surface area contributed by atoms with Gasteiger partial charge >= 0.3 is 0 Å². The summed E-state index contributed by atoms with van der Waals surface area (Å²) in [6.07, 6.45) is 3.73. The van der Waals surface area contributed by atoms with Crippen LogP contribution in [-0.2, 0) is 13.0 Å². The van der Waals surface area contributed by atoms with Crippen molar-refractivity contribution in [3.63, 3.8) is 0 Å². The number of hydrogen-bond acceptors (Lipinski definition) is 4. The van der Waals surface area contributed by atoms with Crippen LogP contribution < -0.4 is 19.6 Å². The first-order valence-corrected chi connectivity index (χ1v) is 15.9. The molecule has 5 aromatic rings. The summed E-state index contributed by atoms with van der Waals surface area (Å²) in [6.45, 7) is 0.305. The molecule has 0 saturated carbocycles. The van der Waals surface area contributed by atoms with Crippen molar-refractivity contribution in [2.75, 3.05) is 0 Å². The quantitative estimate of drug-likeness (QED) is 0.190. The molecule has 4 aromatic carbocycles. The smallest absolute Gasteiger partial charge is 0.271 e. The SMILES string of the molecule is O=c1/c(=C\c2ccc(OCc3ccc(Cl)cc3Cl)c(Br)c2)sc2n1[C@@H](c1ccccc1)C1=C(N=2)c2ccccc2CC1. The average molecular weight is 674 g/mol. The van der Waals surface area contributed by atoms with E-state index >= 15 is 0 Å². The summed E-state index contributed by atoms with van der Waals surface area (Å²) in [5.41, 5.74) is 7.45. The van der Waals surface area contributed by atoms with Gasteiger partial charge in [0.2, 0.25) is 0 Å². The Morgan fingerprint density at radius 2 is 1.79 bits per heavy atom. The molecule has 0 unspecified atom stereocenters. The van der Waals surface area contributed by atoms with Gasteiger partial charge in [-0.15, -0.1) is 0 Å². The maximum absolute atomic E-state index is 14.0. The highest BCUT2D eigenvalue weighted by molar-refractivity contribution is 9.10. The van der Waals surface area contributed by atoms with E-state index in [0.717, 1.165) is 50.1 Å². The van der Waals surface area contributed by atoms with Crippen LogP contribution in [0.25, 0.3) is 11.8 Å². The number of ether oxygens (including phenoxy) is 1. The molecule has 0 amide bonds. The molecule has 208 valence electrons. The fraction of sp³-hybridized carbons (Fsp3) is 0.118. The number of benzene rings is 4. The Hall–Kier alpha value is -3.42. The van der Waals surface area contributed by atoms with Gasteiger partial charge in [0.05, 0.1) is 20.7 Å². The molecule has 0 saturated heterocycles. The van der Waals surface area contributed by atoms with E-state index < -0.39 is 0 Å². The van der Waals surface area contributed by atoms with Crippen LogP contribution in [0.3, 0.4) is 0 Å². The van der Waals surface area contributed by atoms with Crippen molar-refractivity contribution in [1.29, 1.82) is 0 Å². The Labute approximate surface area is 265 Å². The van der Waals surface area contributed by atoms with E-state index in [9.17, 15) is 4.79 Å². The minimum Gasteiger partial charge on any atom is -0.488 e. The Morgan fingerprint density at radius 3 is 2.60 bits per heavy atom. The summed E-state index contributed by atoms with van der Waals surface area (Å²) >= 11 is 17.4. The molecular formula is C34H23BrCl2N2O2S. The fourth-order valence-electron chi connectivity index (χ4n) is 5.63. The second-order valence-corrected chi connectivity index (χ2v) is 12.9. The van der Waals surface area contributed by atoms with Crippen molar-refractivity contribution < 1.29 is 4.74 Å². The third-order valence-corrected chi connectivity index (χ3v) is 9.83. The van der Waals surface area contributed by atoms with Crippen LogP contribution in [0.15, 0.2) is 111 Å². The molecule has 0 N–H and O–H groups in total. The van der Waals surface area contributed by atoms with Crippen LogP contribution >= 0.6 is 50.5 Å². The number of aryl methyl sites for hydroxylation is 1. The van der Waals surface area contributed by atoms with Gasteiger partial charge in [0.25, 0.3) is 5.56 Å². The number of rotatable bonds is 5. The van der Waals surface area contributed by atoms with Gasteiger partial charge in [0.1, 0.15) is 12.4 Å². The number of aromatic nitrogens is 1. The van der Waals surface area contributed by atoms with E-state index in [0.29, 0.717) is 26.9 Å². The molecule has 1 aliphatic carbocycles. The zero-order chi connectivity index (χ0) is 28.8. The first-order chi connectivity index (χ1) is 20.5. The van der Waals surface area contributed by atoms with Crippen LogP contribution in [0.1, 0.15) is 40.3 Å². The number of halogens is 3. The third-order valence-electron chi connectivity index (χ3n) is 7.64. The van der Waals surface area contributed by atoms with Crippen LogP contribution in [0, 0.1) is 0 Å². The lowest BCUT2D eigenvalue weighted by Gasteiger charge is -2.30. The van der Waals surface area contributed by atoms with Crippen molar-refractivity contribution in [2.45, 2.75) is 25.5 Å². The average Bonchev–Trinajstić information content (AvgIpc) is 3.30. The van der Waals surface area contributed by atoms with Gasteiger partial charge < -0.3 is 4.74 Å². The lowest BCUT2D eigenvalue weighted by molar-refractivity contribution is 0.304. The summed E-state index contributed by atoms with van der Waals surface area (Å²) in [5, 5.41) is 1.14. The molecule has 4 nitrogen and oxygen atoms in total. The minimum atomic E-state index is -0.185. The molecule has 0 radical (unpaired) electrons. The van der Waals surface area contributed by atoms with E-state index in [1.807, 2.05) is 53.1 Å². The zero-order valence-corrected chi connectivity index (χ0v) is 26.1. The van der Waals surface area contributed by atoms with Gasteiger partial charge in [0.15, 0.2) is 4.80 Å². The number of thiazole rings is 1. The number of fused-ring (bicyclic) bond motifs is 3. The molecule has 7 rings (SSSR count). The molecule has 0 bridgehead atoms. The molecule has 2 heterocycles. The molecule has 0 spiro atoms. The van der Waals surface area contributed by atoms with E-state index in [2.05, 4.69) is 52.3 Å². The Kier molecular flexibility index (Phi) is 7.40. The van der Waals surface area contributed by atoms with Crippen LogP contribution in [-0.4, -0.2) is 4.57 Å². The van der Waals surface area contributed by atoms with Gasteiger partial charge in [0, 0.05) is 21.2 Å². The summed E-state index contributed by atoms with van der Waals surface area (Å²) in [7, 11) is 0. The first-order valence-electron chi connectivity index (χ1n) is 13.5. The lowest BCUT2D eigenvalue weighted by atomic mass is 9.83. The van der Waals surface area contributed by atoms with E-state index in [-0.39, 0.29) is 11.6 Å². The lowest BCUT2D eigenvalue weighted by Crippen LogP contribution is -2.38. The van der Waals surface area contributed by atoms with Crippen LogP contribution in [0.2, 0.25) is 10.0 Å². The monoisotopic (exact) mass is 672 g/mol. The van der Waals surface area contributed by atoms with E-state index in [4.69, 9.17) is 32.9 Å². The van der Waals surface area contributed by atoms with Crippen LogP contribution in [0.4, 0.5) is 0 Å². The van der Waals surface area contributed by atoms with Crippen molar-refractivity contribution in [3.8, 4) is 5.75 Å². The van der Waals surface area contributed by atoms with Gasteiger partial charge in [-0.2, -0.15) is 0 Å². The molecule has 42 heavy (non-hydrogen) atoms. The summed E-state index contributed by atoms with van der Waals surface area (Å²) in [4.78, 5) is 19.8. The molecular weight excluding hydrogens is 651 g/mol. The molecule has 1 aliphatic heterocycles. The second-order valence-electron chi connectivity index (χ2n) is 10.2. The van der Waals surface area contributed by atoms with Crippen LogP contribution in [0.5, 0.6) is 5.75 Å². The number of hydrogen-bond donors (Lipinski definition) is 0. The topological polar surface area (TPSA) is 43.6 Å². The highest BCUT2D eigenvalue weighted by atomic mass is 79.9. The van der Waals surface area contributed by atoms with Gasteiger partial charge in [-0.1, -0.05) is 101 Å². The summed E-state index contributed by atoms with van der Waals surface area (Å²) in [5.74, 6) is 0.676. The molecule has 0 fully saturated rings. The Morgan fingerprint density at radius 1 is 0.976 bits per heavy atom. The highest BCUT2D eigenvalue weighted by Crippen LogP contribution is 2.41. The predicted octanol–water partition coefficient (Wildman–Crippen LogP) is 7.97. The third kappa shape index (κ3) is 5.07. The number of nitrogens with zero attached hydrogens (tertiary/aromatic N) is 2. The molecule has 1 aromatic heterocycles. The number of allylic oxidation sites excluding steroid dienone is 1. The van der Waals surface area contributed by atoms with Gasteiger partial charge in [-0.25, -0.2) is 4.99 Å².